The number of aromatic nitrogens is 5. The summed E-state index contributed by atoms with van der Waals surface area (Å²) in [6.45, 7) is 0. The van der Waals surface area contributed by atoms with Gasteiger partial charge in [0.05, 0.1) is 10.2 Å². The van der Waals surface area contributed by atoms with Crippen molar-refractivity contribution < 1.29 is 0 Å². The van der Waals surface area contributed by atoms with E-state index in [1.807, 2.05) is 89.3 Å². The Labute approximate surface area is 221 Å². The Morgan fingerprint density at radius 1 is 0.553 bits per heavy atom. The maximum atomic E-state index is 11.8. The van der Waals surface area contributed by atoms with Crippen LogP contribution >= 0.6 is 11.3 Å². The fourth-order valence-corrected chi connectivity index (χ4v) is 5.69. The third-order valence-corrected chi connectivity index (χ3v) is 7.46. The molecular formula is C31H19N5OS. The Kier molecular flexibility index (Phi) is 5.34. The van der Waals surface area contributed by atoms with Crippen molar-refractivity contribution in [2.45, 2.75) is 0 Å². The lowest BCUT2D eigenvalue weighted by Crippen LogP contribution is -2.04. The molecule has 7 aromatic rings. The van der Waals surface area contributed by atoms with Crippen molar-refractivity contribution in [3.63, 3.8) is 0 Å². The molecule has 180 valence electrons. The molecule has 0 saturated heterocycles. The van der Waals surface area contributed by atoms with Gasteiger partial charge in [0.25, 0.3) is 5.56 Å². The van der Waals surface area contributed by atoms with Crippen LogP contribution in [0.3, 0.4) is 0 Å². The summed E-state index contributed by atoms with van der Waals surface area (Å²) < 4.78 is 3.02. The molecule has 0 fully saturated rings. The van der Waals surface area contributed by atoms with Crippen LogP contribution in [0.4, 0.5) is 0 Å². The zero-order valence-electron chi connectivity index (χ0n) is 20.0. The van der Waals surface area contributed by atoms with Crippen LogP contribution in [0.1, 0.15) is 0 Å². The van der Waals surface area contributed by atoms with Crippen LogP contribution in [0.15, 0.2) is 120 Å². The van der Waals surface area contributed by atoms with E-state index in [-0.39, 0.29) is 5.56 Å². The molecule has 0 amide bonds. The van der Waals surface area contributed by atoms with Crippen molar-refractivity contribution in [3.8, 4) is 45.3 Å². The summed E-state index contributed by atoms with van der Waals surface area (Å²) in [7, 11) is 0. The normalized spacial score (nSPS) is 11.3. The summed E-state index contributed by atoms with van der Waals surface area (Å²) in [6.07, 6.45) is 1.78. The third-order valence-electron chi connectivity index (χ3n) is 6.36. The van der Waals surface area contributed by atoms with Crippen LogP contribution in [0, 0.1) is 0 Å². The van der Waals surface area contributed by atoms with Gasteiger partial charge < -0.3 is 0 Å². The van der Waals surface area contributed by atoms with Gasteiger partial charge in [-0.2, -0.15) is 4.98 Å². The Morgan fingerprint density at radius 2 is 1.13 bits per heavy atom. The SMILES string of the molecule is O=c1ccn2c(n1)sc1c(-c3cccc(-c4nc(-c5ccccc5)nc(-c5ccccc5)n4)c3)cccc12. The molecule has 4 aromatic carbocycles. The largest absolute Gasteiger partial charge is 0.292 e. The predicted molar refractivity (Wildman–Crippen MR) is 152 cm³/mol. The molecule has 0 atom stereocenters. The molecule has 7 heteroatoms. The zero-order chi connectivity index (χ0) is 25.5. The Hall–Kier alpha value is -5.01. The quantitative estimate of drug-likeness (QED) is 0.262. The molecule has 0 aliphatic rings. The molecule has 0 N–H and O–H groups in total. The van der Waals surface area contributed by atoms with Gasteiger partial charge in [-0.25, -0.2) is 15.0 Å². The minimum atomic E-state index is -0.238. The number of thiazole rings is 1. The van der Waals surface area contributed by atoms with Crippen molar-refractivity contribution in [2.75, 3.05) is 0 Å². The van der Waals surface area contributed by atoms with Gasteiger partial charge in [-0.1, -0.05) is 102 Å². The standard InChI is InChI=1S/C31H19N5OS/c37-26-17-18-36-25-16-8-15-24(27(25)38-31(36)32-26)22-13-7-14-23(19-22)30-34-28(20-9-3-1-4-10-20)33-29(35-30)21-11-5-2-6-12-21/h1-19H. The van der Waals surface area contributed by atoms with Gasteiger partial charge in [0, 0.05) is 34.5 Å². The van der Waals surface area contributed by atoms with Gasteiger partial charge in [0.15, 0.2) is 22.4 Å². The second-order valence-electron chi connectivity index (χ2n) is 8.79. The summed E-state index contributed by atoms with van der Waals surface area (Å²) in [6, 6.07) is 35.8. The van der Waals surface area contributed by atoms with Gasteiger partial charge in [0.1, 0.15) is 0 Å². The van der Waals surface area contributed by atoms with Crippen LogP contribution in [0.5, 0.6) is 0 Å². The lowest BCUT2D eigenvalue weighted by atomic mass is 10.0. The van der Waals surface area contributed by atoms with Gasteiger partial charge in [-0.15, -0.1) is 0 Å². The van der Waals surface area contributed by atoms with E-state index in [1.54, 1.807) is 6.20 Å². The monoisotopic (exact) mass is 509 g/mol. The van der Waals surface area contributed by atoms with Crippen molar-refractivity contribution in [3.05, 3.63) is 126 Å². The van der Waals surface area contributed by atoms with E-state index in [0.717, 1.165) is 38.0 Å². The number of benzene rings is 4. The second kappa shape index (κ2) is 9.14. The molecular weight excluding hydrogens is 490 g/mol. The number of hydrogen-bond donors (Lipinski definition) is 0. The molecule has 3 aromatic heterocycles. The number of fused-ring (bicyclic) bond motifs is 3. The molecule has 0 aliphatic heterocycles. The first-order valence-electron chi connectivity index (χ1n) is 12.1. The fraction of sp³-hybridized carbons (Fsp3) is 0. The second-order valence-corrected chi connectivity index (χ2v) is 9.77. The maximum Gasteiger partial charge on any atom is 0.273 e. The third kappa shape index (κ3) is 3.95. The fourth-order valence-electron chi connectivity index (χ4n) is 4.55. The summed E-state index contributed by atoms with van der Waals surface area (Å²) in [5, 5.41) is 0. The first kappa shape index (κ1) is 22.2. The van der Waals surface area contributed by atoms with Crippen molar-refractivity contribution in [1.29, 1.82) is 0 Å². The number of hydrogen-bond acceptors (Lipinski definition) is 6. The highest BCUT2D eigenvalue weighted by Crippen LogP contribution is 2.36. The van der Waals surface area contributed by atoms with Gasteiger partial charge in [-0.3, -0.25) is 9.20 Å². The van der Waals surface area contributed by atoms with E-state index >= 15 is 0 Å². The maximum absolute atomic E-state index is 11.8. The van der Waals surface area contributed by atoms with Crippen LogP contribution in [0.2, 0.25) is 0 Å². The molecule has 0 saturated carbocycles. The molecule has 0 unspecified atom stereocenters. The molecule has 6 nitrogen and oxygen atoms in total. The highest BCUT2D eigenvalue weighted by Gasteiger charge is 2.15. The van der Waals surface area contributed by atoms with Gasteiger partial charge in [0.2, 0.25) is 0 Å². The van der Waals surface area contributed by atoms with E-state index < -0.39 is 0 Å². The van der Waals surface area contributed by atoms with Crippen LogP contribution < -0.4 is 5.56 Å². The number of rotatable bonds is 4. The van der Waals surface area contributed by atoms with E-state index in [9.17, 15) is 4.79 Å². The minimum absolute atomic E-state index is 0.238. The van der Waals surface area contributed by atoms with E-state index in [4.69, 9.17) is 15.0 Å². The molecule has 0 bridgehead atoms. The minimum Gasteiger partial charge on any atom is -0.292 e. The van der Waals surface area contributed by atoms with E-state index in [1.165, 1.54) is 17.4 Å². The molecule has 0 aliphatic carbocycles. The Morgan fingerprint density at radius 3 is 1.82 bits per heavy atom. The lowest BCUT2D eigenvalue weighted by molar-refractivity contribution is 1.07. The van der Waals surface area contributed by atoms with Gasteiger partial charge in [-0.05, 0) is 17.7 Å². The highest BCUT2D eigenvalue weighted by molar-refractivity contribution is 7.24. The Balaban J connectivity index is 1.40. The molecule has 0 spiro atoms. The van der Waals surface area contributed by atoms with Crippen LogP contribution in [-0.2, 0) is 0 Å². The van der Waals surface area contributed by atoms with Crippen molar-refractivity contribution in [1.82, 2.24) is 24.3 Å². The molecule has 0 radical (unpaired) electrons. The molecule has 3 heterocycles. The zero-order valence-corrected chi connectivity index (χ0v) is 20.8. The topological polar surface area (TPSA) is 73.0 Å². The Bertz CT molecular complexity index is 1940. The van der Waals surface area contributed by atoms with Crippen LogP contribution in [-0.4, -0.2) is 24.3 Å². The smallest absolute Gasteiger partial charge is 0.273 e. The first-order valence-corrected chi connectivity index (χ1v) is 12.9. The average molecular weight is 510 g/mol. The highest BCUT2D eigenvalue weighted by atomic mass is 32.1. The van der Waals surface area contributed by atoms with Crippen LogP contribution in [0.25, 0.3) is 60.5 Å². The average Bonchev–Trinajstić information content (AvgIpc) is 3.35. The predicted octanol–water partition coefficient (Wildman–Crippen LogP) is 6.76. The summed E-state index contributed by atoms with van der Waals surface area (Å²) in [4.78, 5) is 31.2. The summed E-state index contributed by atoms with van der Waals surface area (Å²) in [5.41, 5.74) is 5.63. The lowest BCUT2D eigenvalue weighted by Gasteiger charge is -2.10. The van der Waals surface area contributed by atoms with Gasteiger partial charge >= 0.3 is 0 Å². The molecule has 7 rings (SSSR count). The first-order chi connectivity index (χ1) is 18.7. The van der Waals surface area contributed by atoms with Crippen molar-refractivity contribution in [2.24, 2.45) is 0 Å². The van der Waals surface area contributed by atoms with Crippen molar-refractivity contribution >= 4 is 26.5 Å². The molecule has 38 heavy (non-hydrogen) atoms. The summed E-state index contributed by atoms with van der Waals surface area (Å²) in [5.74, 6) is 1.86. The van der Waals surface area contributed by atoms with E-state index in [0.29, 0.717) is 22.4 Å². The summed E-state index contributed by atoms with van der Waals surface area (Å²) >= 11 is 1.51. The van der Waals surface area contributed by atoms with E-state index in [2.05, 4.69) is 23.2 Å². The number of nitrogens with zero attached hydrogens (tertiary/aromatic N) is 5.